The van der Waals surface area contributed by atoms with E-state index in [-0.39, 0.29) is 5.41 Å². The molecule has 0 radical (unpaired) electrons. The molecule has 14 heavy (non-hydrogen) atoms. The summed E-state index contributed by atoms with van der Waals surface area (Å²) in [6, 6.07) is 0. The summed E-state index contributed by atoms with van der Waals surface area (Å²) < 4.78 is 0. The van der Waals surface area contributed by atoms with Gasteiger partial charge in [-0.15, -0.1) is 11.3 Å². The highest BCUT2D eigenvalue weighted by atomic mass is 35.5. The smallest absolute Gasteiger partial charge is 0.143 e. The largest absolute Gasteiger partial charge is 0.229 e. The van der Waals surface area contributed by atoms with Crippen molar-refractivity contribution in [2.24, 2.45) is 0 Å². The van der Waals surface area contributed by atoms with E-state index in [9.17, 15) is 0 Å². The number of rotatable bonds is 4. The SMILES string of the molecule is CCCCC(C)(C)c1nc(Cl)c(C)s1. The minimum Gasteiger partial charge on any atom is -0.229 e. The second-order valence-corrected chi connectivity index (χ2v) is 5.91. The van der Waals surface area contributed by atoms with E-state index in [2.05, 4.69) is 25.8 Å². The van der Waals surface area contributed by atoms with Crippen LogP contribution in [0, 0.1) is 6.92 Å². The van der Waals surface area contributed by atoms with Crippen LogP contribution in [0.3, 0.4) is 0 Å². The number of nitrogens with zero attached hydrogens (tertiary/aromatic N) is 1. The van der Waals surface area contributed by atoms with Crippen LogP contribution in [0.1, 0.15) is 49.9 Å². The third-order valence-electron chi connectivity index (χ3n) is 2.47. The van der Waals surface area contributed by atoms with Gasteiger partial charge in [-0.05, 0) is 13.3 Å². The van der Waals surface area contributed by atoms with E-state index in [4.69, 9.17) is 11.6 Å². The molecule has 1 heterocycles. The van der Waals surface area contributed by atoms with Gasteiger partial charge in [0.15, 0.2) is 0 Å². The molecule has 0 atom stereocenters. The summed E-state index contributed by atoms with van der Waals surface area (Å²) in [6.07, 6.45) is 3.68. The molecule has 0 bridgehead atoms. The molecule has 0 N–H and O–H groups in total. The predicted molar refractivity (Wildman–Crippen MR) is 64.4 cm³/mol. The van der Waals surface area contributed by atoms with Crippen LogP contribution in [0.5, 0.6) is 0 Å². The van der Waals surface area contributed by atoms with Crippen LogP contribution in [0.2, 0.25) is 5.15 Å². The second kappa shape index (κ2) is 4.63. The van der Waals surface area contributed by atoms with Crippen LogP contribution < -0.4 is 0 Å². The van der Waals surface area contributed by atoms with Crippen molar-refractivity contribution in [2.45, 2.75) is 52.4 Å². The van der Waals surface area contributed by atoms with Gasteiger partial charge < -0.3 is 0 Å². The van der Waals surface area contributed by atoms with Crippen LogP contribution in [0.15, 0.2) is 0 Å². The molecule has 0 aromatic carbocycles. The Labute approximate surface area is 95.5 Å². The molecule has 0 saturated carbocycles. The Hall–Kier alpha value is -0.0800. The summed E-state index contributed by atoms with van der Waals surface area (Å²) >= 11 is 7.70. The van der Waals surface area contributed by atoms with E-state index in [1.807, 2.05) is 6.92 Å². The van der Waals surface area contributed by atoms with Crippen LogP contribution in [-0.2, 0) is 5.41 Å². The van der Waals surface area contributed by atoms with Crippen molar-refractivity contribution in [2.75, 3.05) is 0 Å². The molecular weight excluding hydrogens is 214 g/mol. The predicted octanol–water partition coefficient (Wildman–Crippen LogP) is 4.57. The fourth-order valence-corrected chi connectivity index (χ4v) is 2.58. The average molecular weight is 232 g/mol. The molecule has 3 heteroatoms. The van der Waals surface area contributed by atoms with Crippen molar-refractivity contribution in [3.8, 4) is 0 Å². The lowest BCUT2D eigenvalue weighted by molar-refractivity contribution is 0.455. The molecule has 0 saturated heterocycles. The van der Waals surface area contributed by atoms with E-state index in [1.54, 1.807) is 11.3 Å². The number of halogens is 1. The first-order valence-electron chi connectivity index (χ1n) is 5.11. The van der Waals surface area contributed by atoms with Gasteiger partial charge in [0.25, 0.3) is 0 Å². The first-order valence-corrected chi connectivity index (χ1v) is 6.30. The third-order valence-corrected chi connectivity index (χ3v) is 4.29. The van der Waals surface area contributed by atoms with Crippen molar-refractivity contribution in [1.82, 2.24) is 4.98 Å². The highest BCUT2D eigenvalue weighted by Crippen LogP contribution is 2.34. The average Bonchev–Trinajstić information content (AvgIpc) is 2.45. The summed E-state index contributed by atoms with van der Waals surface area (Å²) in [5.74, 6) is 0. The Morgan fingerprint density at radius 1 is 1.43 bits per heavy atom. The van der Waals surface area contributed by atoms with Gasteiger partial charge in [0.2, 0.25) is 0 Å². The molecule has 1 aromatic heterocycles. The molecule has 0 spiro atoms. The van der Waals surface area contributed by atoms with Gasteiger partial charge in [-0.25, -0.2) is 4.98 Å². The first-order chi connectivity index (χ1) is 6.47. The zero-order chi connectivity index (χ0) is 10.8. The molecule has 0 aliphatic carbocycles. The molecule has 80 valence electrons. The maximum absolute atomic E-state index is 5.97. The summed E-state index contributed by atoms with van der Waals surface area (Å²) in [4.78, 5) is 5.55. The highest BCUT2D eigenvalue weighted by Gasteiger charge is 2.24. The van der Waals surface area contributed by atoms with E-state index in [1.165, 1.54) is 24.3 Å². The van der Waals surface area contributed by atoms with Crippen molar-refractivity contribution >= 4 is 22.9 Å². The summed E-state index contributed by atoms with van der Waals surface area (Å²) in [6.45, 7) is 8.74. The highest BCUT2D eigenvalue weighted by molar-refractivity contribution is 7.12. The third kappa shape index (κ3) is 2.71. The molecule has 0 unspecified atom stereocenters. The standard InChI is InChI=1S/C11H18ClNS/c1-5-6-7-11(3,4)10-13-9(12)8(2)14-10/h5-7H2,1-4H3. The Kier molecular flexibility index (Phi) is 3.96. The minimum absolute atomic E-state index is 0.179. The van der Waals surface area contributed by atoms with E-state index >= 15 is 0 Å². The number of hydrogen-bond acceptors (Lipinski definition) is 2. The first kappa shape index (κ1) is 12.0. The van der Waals surface area contributed by atoms with Gasteiger partial charge in [-0.1, -0.05) is 45.2 Å². The van der Waals surface area contributed by atoms with Crippen molar-refractivity contribution < 1.29 is 0 Å². The van der Waals surface area contributed by atoms with Crippen LogP contribution in [-0.4, -0.2) is 4.98 Å². The van der Waals surface area contributed by atoms with Crippen molar-refractivity contribution in [3.63, 3.8) is 0 Å². The lowest BCUT2D eigenvalue weighted by Crippen LogP contribution is -2.16. The Morgan fingerprint density at radius 2 is 2.07 bits per heavy atom. The fourth-order valence-electron chi connectivity index (χ4n) is 1.39. The molecule has 0 aliphatic rings. The molecule has 1 aromatic rings. The van der Waals surface area contributed by atoms with Gasteiger partial charge in [0.05, 0.1) is 0 Å². The lowest BCUT2D eigenvalue weighted by Gasteiger charge is -2.21. The van der Waals surface area contributed by atoms with E-state index in [0.29, 0.717) is 5.15 Å². The topological polar surface area (TPSA) is 12.9 Å². The zero-order valence-corrected chi connectivity index (χ0v) is 10.9. The Balaban J connectivity index is 2.80. The second-order valence-electron chi connectivity index (χ2n) is 4.35. The maximum Gasteiger partial charge on any atom is 0.143 e. The van der Waals surface area contributed by atoms with Crippen molar-refractivity contribution in [1.29, 1.82) is 0 Å². The molecular formula is C11H18ClNS. The van der Waals surface area contributed by atoms with E-state index in [0.717, 1.165) is 4.88 Å². The monoisotopic (exact) mass is 231 g/mol. The summed E-state index contributed by atoms with van der Waals surface area (Å²) in [5, 5.41) is 1.85. The minimum atomic E-state index is 0.179. The Bertz CT molecular complexity index is 285. The van der Waals surface area contributed by atoms with Crippen molar-refractivity contribution in [3.05, 3.63) is 15.0 Å². The number of hydrogen-bond donors (Lipinski definition) is 0. The summed E-state index contributed by atoms with van der Waals surface area (Å²) in [7, 11) is 0. The summed E-state index contributed by atoms with van der Waals surface area (Å²) in [5.41, 5.74) is 0.179. The molecule has 1 nitrogen and oxygen atoms in total. The van der Waals surface area contributed by atoms with Crippen LogP contribution in [0.25, 0.3) is 0 Å². The van der Waals surface area contributed by atoms with Gasteiger partial charge in [-0.3, -0.25) is 0 Å². The fraction of sp³-hybridized carbons (Fsp3) is 0.727. The molecule has 0 aliphatic heterocycles. The van der Waals surface area contributed by atoms with Crippen LogP contribution in [0.4, 0.5) is 0 Å². The van der Waals surface area contributed by atoms with E-state index < -0.39 is 0 Å². The van der Waals surface area contributed by atoms with Gasteiger partial charge in [0.1, 0.15) is 10.2 Å². The number of thiazole rings is 1. The normalized spacial score (nSPS) is 12.1. The maximum atomic E-state index is 5.97. The number of aryl methyl sites for hydroxylation is 1. The number of unbranched alkanes of at least 4 members (excludes halogenated alkanes) is 1. The zero-order valence-electron chi connectivity index (χ0n) is 9.35. The molecule has 1 rings (SSSR count). The van der Waals surface area contributed by atoms with Crippen LogP contribution >= 0.6 is 22.9 Å². The quantitative estimate of drug-likeness (QED) is 0.740. The van der Waals surface area contributed by atoms with Gasteiger partial charge >= 0.3 is 0 Å². The van der Waals surface area contributed by atoms with Gasteiger partial charge in [-0.2, -0.15) is 0 Å². The van der Waals surface area contributed by atoms with Gasteiger partial charge in [0, 0.05) is 10.3 Å². The molecule has 0 amide bonds. The Morgan fingerprint density at radius 3 is 2.50 bits per heavy atom. The number of aromatic nitrogens is 1. The molecule has 0 fully saturated rings. The lowest BCUT2D eigenvalue weighted by atomic mass is 9.88.